The molecule has 0 bridgehead atoms. The number of aliphatic hydroxyl groups is 1. The van der Waals surface area contributed by atoms with Crippen molar-refractivity contribution in [2.24, 2.45) is 5.73 Å². The van der Waals surface area contributed by atoms with E-state index < -0.39 is 5.60 Å². The lowest BCUT2D eigenvalue weighted by Gasteiger charge is -2.32. The molecule has 0 unspecified atom stereocenters. The average molecular weight is 207 g/mol. The maximum Gasteiger partial charge on any atom is 0.0795 e. The van der Waals surface area contributed by atoms with Crippen LogP contribution in [-0.2, 0) is 6.42 Å². The first-order chi connectivity index (χ1) is 7.12. The van der Waals surface area contributed by atoms with Gasteiger partial charge in [-0.05, 0) is 24.8 Å². The molecule has 0 aliphatic heterocycles. The van der Waals surface area contributed by atoms with E-state index in [2.05, 4.69) is 0 Å². The molecule has 1 atom stereocenters. The number of nitrogens with two attached hydrogens (primary N) is 1. The monoisotopic (exact) mass is 207 g/mol. The molecule has 3 N–H and O–H groups in total. The summed E-state index contributed by atoms with van der Waals surface area (Å²) in [6.07, 6.45) is 2.15. The van der Waals surface area contributed by atoms with Crippen molar-refractivity contribution in [1.82, 2.24) is 0 Å². The number of benzene rings is 1. The Bertz CT molecular complexity index is 280. The molecule has 15 heavy (non-hydrogen) atoms. The largest absolute Gasteiger partial charge is 0.388 e. The quantitative estimate of drug-likeness (QED) is 0.776. The van der Waals surface area contributed by atoms with E-state index in [0.29, 0.717) is 12.8 Å². The Balaban J connectivity index is 2.66. The summed E-state index contributed by atoms with van der Waals surface area (Å²) >= 11 is 0. The molecule has 2 nitrogen and oxygen atoms in total. The molecule has 0 spiro atoms. The summed E-state index contributed by atoms with van der Waals surface area (Å²) in [6, 6.07) is 9.89. The molecule has 0 saturated carbocycles. The highest BCUT2D eigenvalue weighted by Crippen LogP contribution is 2.20. The van der Waals surface area contributed by atoms with Crippen molar-refractivity contribution in [3.63, 3.8) is 0 Å². The minimum Gasteiger partial charge on any atom is -0.388 e. The Morgan fingerprint density at radius 2 is 1.73 bits per heavy atom. The molecule has 1 aromatic rings. The topological polar surface area (TPSA) is 46.2 Å². The molecule has 0 aromatic heterocycles. The Morgan fingerprint density at radius 1 is 1.20 bits per heavy atom. The van der Waals surface area contributed by atoms with Crippen LogP contribution in [-0.4, -0.2) is 16.7 Å². The number of hydrogen-bond acceptors (Lipinski definition) is 2. The van der Waals surface area contributed by atoms with Gasteiger partial charge in [-0.15, -0.1) is 0 Å². The van der Waals surface area contributed by atoms with Crippen molar-refractivity contribution in [2.45, 2.75) is 44.8 Å². The molecule has 2 heteroatoms. The third kappa shape index (κ3) is 3.05. The van der Waals surface area contributed by atoms with Crippen LogP contribution < -0.4 is 5.73 Å². The van der Waals surface area contributed by atoms with Crippen LogP contribution in [0.15, 0.2) is 30.3 Å². The Kier molecular flexibility index (Phi) is 4.30. The van der Waals surface area contributed by atoms with Crippen LogP contribution in [0.3, 0.4) is 0 Å². The Morgan fingerprint density at radius 3 is 2.20 bits per heavy atom. The summed E-state index contributed by atoms with van der Waals surface area (Å²) in [6.45, 7) is 3.96. The first-order valence-electron chi connectivity index (χ1n) is 5.64. The van der Waals surface area contributed by atoms with Gasteiger partial charge in [-0.1, -0.05) is 44.2 Å². The lowest BCUT2D eigenvalue weighted by atomic mass is 9.85. The van der Waals surface area contributed by atoms with E-state index in [-0.39, 0.29) is 6.04 Å². The summed E-state index contributed by atoms with van der Waals surface area (Å²) < 4.78 is 0. The van der Waals surface area contributed by atoms with E-state index in [4.69, 9.17) is 5.73 Å². The lowest BCUT2D eigenvalue weighted by molar-refractivity contribution is 0.00657. The fourth-order valence-corrected chi connectivity index (χ4v) is 1.83. The molecule has 0 heterocycles. The highest BCUT2D eigenvalue weighted by Gasteiger charge is 2.30. The summed E-state index contributed by atoms with van der Waals surface area (Å²) in [5, 5.41) is 10.2. The normalized spacial score (nSPS) is 13.9. The van der Waals surface area contributed by atoms with Gasteiger partial charge in [0.15, 0.2) is 0 Å². The second-order valence-electron chi connectivity index (χ2n) is 4.11. The van der Waals surface area contributed by atoms with Crippen LogP contribution in [0, 0.1) is 0 Å². The van der Waals surface area contributed by atoms with Gasteiger partial charge in [0.1, 0.15) is 0 Å². The van der Waals surface area contributed by atoms with Crippen LogP contribution in [0.4, 0.5) is 0 Å². The van der Waals surface area contributed by atoms with E-state index >= 15 is 0 Å². The van der Waals surface area contributed by atoms with Crippen LogP contribution >= 0.6 is 0 Å². The molecule has 0 fully saturated rings. The summed E-state index contributed by atoms with van der Waals surface area (Å²) in [7, 11) is 0. The molecule has 0 amide bonds. The van der Waals surface area contributed by atoms with Gasteiger partial charge in [-0.3, -0.25) is 0 Å². The molecule has 0 aliphatic rings. The van der Waals surface area contributed by atoms with Crippen LogP contribution in [0.5, 0.6) is 0 Å². The second kappa shape index (κ2) is 5.29. The lowest BCUT2D eigenvalue weighted by Crippen LogP contribution is -2.48. The Labute approximate surface area is 92.1 Å². The Hall–Kier alpha value is -0.860. The predicted octanol–water partition coefficient (Wildman–Crippen LogP) is 2.11. The third-order valence-electron chi connectivity index (χ3n) is 3.21. The minimum atomic E-state index is -0.726. The van der Waals surface area contributed by atoms with Crippen molar-refractivity contribution in [3.05, 3.63) is 35.9 Å². The molecule has 0 saturated heterocycles. The van der Waals surface area contributed by atoms with Gasteiger partial charge < -0.3 is 10.8 Å². The van der Waals surface area contributed by atoms with E-state index in [1.807, 2.05) is 44.2 Å². The van der Waals surface area contributed by atoms with E-state index in [0.717, 1.165) is 6.42 Å². The van der Waals surface area contributed by atoms with Gasteiger partial charge in [0.05, 0.1) is 5.60 Å². The standard InChI is InChI=1S/C13H21NO/c1-3-13(15,4-2)12(14)10-11-8-6-5-7-9-11/h5-9,12,15H,3-4,10,14H2,1-2H3/t12-/m1/s1. The maximum atomic E-state index is 10.2. The first kappa shape index (κ1) is 12.2. The zero-order valence-corrected chi connectivity index (χ0v) is 9.61. The molecule has 1 rings (SSSR count). The zero-order valence-electron chi connectivity index (χ0n) is 9.61. The molecular weight excluding hydrogens is 186 g/mol. The molecule has 0 radical (unpaired) electrons. The van der Waals surface area contributed by atoms with Crippen molar-refractivity contribution in [2.75, 3.05) is 0 Å². The molecule has 84 valence electrons. The molecule has 1 aromatic carbocycles. The smallest absolute Gasteiger partial charge is 0.0795 e. The van der Waals surface area contributed by atoms with Crippen molar-refractivity contribution in [3.8, 4) is 0 Å². The van der Waals surface area contributed by atoms with Crippen molar-refractivity contribution < 1.29 is 5.11 Å². The molecule has 0 aliphatic carbocycles. The van der Waals surface area contributed by atoms with Crippen molar-refractivity contribution >= 4 is 0 Å². The van der Waals surface area contributed by atoms with Gasteiger partial charge in [0, 0.05) is 6.04 Å². The van der Waals surface area contributed by atoms with E-state index in [9.17, 15) is 5.11 Å². The summed E-state index contributed by atoms with van der Waals surface area (Å²) in [5.41, 5.74) is 6.51. The summed E-state index contributed by atoms with van der Waals surface area (Å²) in [5.74, 6) is 0. The van der Waals surface area contributed by atoms with Crippen molar-refractivity contribution in [1.29, 1.82) is 0 Å². The fourth-order valence-electron chi connectivity index (χ4n) is 1.83. The second-order valence-corrected chi connectivity index (χ2v) is 4.11. The fraction of sp³-hybridized carbons (Fsp3) is 0.538. The van der Waals surface area contributed by atoms with Crippen LogP contribution in [0.2, 0.25) is 0 Å². The average Bonchev–Trinajstić information content (AvgIpc) is 2.29. The first-order valence-corrected chi connectivity index (χ1v) is 5.64. The van der Waals surface area contributed by atoms with Gasteiger partial charge >= 0.3 is 0 Å². The van der Waals surface area contributed by atoms with Gasteiger partial charge in [-0.2, -0.15) is 0 Å². The highest BCUT2D eigenvalue weighted by molar-refractivity contribution is 5.16. The zero-order chi connectivity index (χ0) is 11.3. The molecular formula is C13H21NO. The minimum absolute atomic E-state index is 0.185. The number of rotatable bonds is 5. The summed E-state index contributed by atoms with van der Waals surface area (Å²) in [4.78, 5) is 0. The van der Waals surface area contributed by atoms with E-state index in [1.54, 1.807) is 0 Å². The van der Waals surface area contributed by atoms with E-state index in [1.165, 1.54) is 5.56 Å². The van der Waals surface area contributed by atoms with Gasteiger partial charge in [0.2, 0.25) is 0 Å². The van der Waals surface area contributed by atoms with Gasteiger partial charge in [0.25, 0.3) is 0 Å². The third-order valence-corrected chi connectivity index (χ3v) is 3.21. The SMILES string of the molecule is CCC(O)(CC)[C@H](N)Cc1ccccc1. The predicted molar refractivity (Wildman–Crippen MR) is 63.7 cm³/mol. The van der Waals surface area contributed by atoms with Crippen LogP contribution in [0.25, 0.3) is 0 Å². The maximum absolute atomic E-state index is 10.2. The highest BCUT2D eigenvalue weighted by atomic mass is 16.3. The van der Waals surface area contributed by atoms with Gasteiger partial charge in [-0.25, -0.2) is 0 Å². The number of hydrogen-bond donors (Lipinski definition) is 2. The van der Waals surface area contributed by atoms with Crippen LogP contribution in [0.1, 0.15) is 32.3 Å².